The molecule has 1 aliphatic rings. The number of aryl methyl sites for hydroxylation is 1. The first kappa shape index (κ1) is 20.6. The molecule has 2 amide bonds. The van der Waals surface area contributed by atoms with Gasteiger partial charge in [-0.05, 0) is 55.2 Å². The third-order valence-electron chi connectivity index (χ3n) is 5.15. The average Bonchev–Trinajstić information content (AvgIpc) is 3.18. The maximum absolute atomic E-state index is 12.4. The third kappa shape index (κ3) is 5.22. The van der Waals surface area contributed by atoms with Crippen LogP contribution in [0.15, 0.2) is 48.5 Å². The molecule has 6 heteroatoms. The smallest absolute Gasteiger partial charge is 0.337 e. The Balaban J connectivity index is 1.54. The summed E-state index contributed by atoms with van der Waals surface area (Å²) in [5, 5.41) is 3.02. The molecule has 2 aromatic rings. The van der Waals surface area contributed by atoms with Crippen LogP contribution in [0.5, 0.6) is 0 Å². The molecule has 1 atom stereocenters. The third-order valence-corrected chi connectivity index (χ3v) is 5.15. The van der Waals surface area contributed by atoms with Crippen LogP contribution in [-0.4, -0.2) is 31.4 Å². The average molecular weight is 394 g/mol. The van der Waals surface area contributed by atoms with Crippen molar-refractivity contribution in [1.29, 1.82) is 0 Å². The fourth-order valence-corrected chi connectivity index (χ4v) is 3.46. The van der Waals surface area contributed by atoms with E-state index >= 15 is 0 Å². The van der Waals surface area contributed by atoms with Gasteiger partial charge in [-0.25, -0.2) is 4.79 Å². The molecule has 0 aliphatic carbocycles. The van der Waals surface area contributed by atoms with Crippen molar-refractivity contribution in [3.63, 3.8) is 0 Å². The molecule has 6 nitrogen and oxygen atoms in total. The van der Waals surface area contributed by atoms with Gasteiger partial charge in [0.05, 0.1) is 18.7 Å². The second-order valence-corrected chi connectivity index (χ2v) is 7.22. The van der Waals surface area contributed by atoms with Crippen molar-refractivity contribution in [2.75, 3.05) is 18.6 Å². The number of carbonyl (C=O) groups excluding carboxylic acids is 3. The van der Waals surface area contributed by atoms with Gasteiger partial charge in [0.15, 0.2) is 0 Å². The number of methoxy groups -OCH3 is 1. The molecule has 1 N–H and O–H groups in total. The zero-order valence-corrected chi connectivity index (χ0v) is 16.8. The van der Waals surface area contributed by atoms with Crippen LogP contribution >= 0.6 is 0 Å². The van der Waals surface area contributed by atoms with Crippen LogP contribution in [0.3, 0.4) is 0 Å². The van der Waals surface area contributed by atoms with E-state index < -0.39 is 0 Å². The van der Waals surface area contributed by atoms with Crippen molar-refractivity contribution in [3.05, 3.63) is 65.2 Å². The van der Waals surface area contributed by atoms with Crippen LogP contribution in [-0.2, 0) is 20.7 Å². The van der Waals surface area contributed by atoms with E-state index in [4.69, 9.17) is 0 Å². The molecule has 1 unspecified atom stereocenters. The van der Waals surface area contributed by atoms with Crippen LogP contribution < -0.4 is 10.2 Å². The summed E-state index contributed by atoms with van der Waals surface area (Å²) in [6.07, 6.45) is 2.42. The molecule has 1 heterocycles. The lowest BCUT2D eigenvalue weighted by Gasteiger charge is -2.19. The van der Waals surface area contributed by atoms with Crippen molar-refractivity contribution in [2.24, 2.45) is 0 Å². The molecule has 152 valence electrons. The number of benzene rings is 2. The van der Waals surface area contributed by atoms with E-state index in [2.05, 4.69) is 10.1 Å². The maximum Gasteiger partial charge on any atom is 0.337 e. The first-order valence-corrected chi connectivity index (χ1v) is 9.85. The number of nitrogens with zero attached hydrogens (tertiary/aromatic N) is 1. The summed E-state index contributed by atoms with van der Waals surface area (Å²) < 4.78 is 4.68. The number of hydrogen-bond acceptors (Lipinski definition) is 4. The van der Waals surface area contributed by atoms with Crippen molar-refractivity contribution in [3.8, 4) is 0 Å². The second-order valence-electron chi connectivity index (χ2n) is 7.22. The number of esters is 1. The number of rotatable bonds is 7. The Hall–Kier alpha value is -3.15. The monoisotopic (exact) mass is 394 g/mol. The Morgan fingerprint density at radius 2 is 1.93 bits per heavy atom. The SMILES string of the molecule is COC(=O)c1ccc(CCC(=O)NC(C)c2cccc(N3CCCC3=O)c2)cc1. The van der Waals surface area contributed by atoms with Crippen LogP contribution in [0.25, 0.3) is 0 Å². The number of carbonyl (C=O) groups is 3. The molecule has 1 saturated heterocycles. The molecule has 0 aromatic heterocycles. The molecule has 3 rings (SSSR count). The summed E-state index contributed by atoms with van der Waals surface area (Å²) in [5.41, 5.74) is 3.33. The highest BCUT2D eigenvalue weighted by Gasteiger charge is 2.22. The van der Waals surface area contributed by atoms with Gasteiger partial charge in [-0.3, -0.25) is 9.59 Å². The molecule has 1 aliphatic heterocycles. The predicted octanol–water partition coefficient (Wildman–Crippen LogP) is 3.41. The zero-order chi connectivity index (χ0) is 20.8. The molecule has 29 heavy (non-hydrogen) atoms. The second kappa shape index (κ2) is 9.37. The summed E-state index contributed by atoms with van der Waals surface area (Å²) in [5.74, 6) is -0.268. The maximum atomic E-state index is 12.4. The molecule has 0 bridgehead atoms. The van der Waals surface area contributed by atoms with Gasteiger partial charge in [0.25, 0.3) is 0 Å². The van der Waals surface area contributed by atoms with Gasteiger partial charge in [0.2, 0.25) is 11.8 Å². The Bertz CT molecular complexity index is 892. The molecule has 1 fully saturated rings. The van der Waals surface area contributed by atoms with Crippen LogP contribution in [0.1, 0.15) is 53.7 Å². The van der Waals surface area contributed by atoms with Crippen LogP contribution in [0.4, 0.5) is 5.69 Å². The largest absolute Gasteiger partial charge is 0.465 e. The minimum absolute atomic E-state index is 0.0443. The number of nitrogens with one attached hydrogen (secondary N) is 1. The Labute approximate surface area is 170 Å². The Morgan fingerprint density at radius 1 is 1.17 bits per heavy atom. The van der Waals surface area contributed by atoms with E-state index in [1.165, 1.54) is 7.11 Å². The highest BCUT2D eigenvalue weighted by molar-refractivity contribution is 5.95. The summed E-state index contributed by atoms with van der Waals surface area (Å²) in [6.45, 7) is 2.69. The van der Waals surface area contributed by atoms with Gasteiger partial charge in [-0.15, -0.1) is 0 Å². The van der Waals surface area contributed by atoms with Gasteiger partial charge in [0.1, 0.15) is 0 Å². The van der Waals surface area contributed by atoms with E-state index in [1.54, 1.807) is 17.0 Å². The number of ether oxygens (including phenoxy) is 1. The molecular weight excluding hydrogens is 368 g/mol. The van der Waals surface area contributed by atoms with Crippen molar-refractivity contribution in [2.45, 2.75) is 38.6 Å². The van der Waals surface area contributed by atoms with Crippen molar-refractivity contribution in [1.82, 2.24) is 5.32 Å². The van der Waals surface area contributed by atoms with Gasteiger partial charge >= 0.3 is 5.97 Å². The quantitative estimate of drug-likeness (QED) is 0.730. The van der Waals surface area contributed by atoms with Gasteiger partial charge in [-0.2, -0.15) is 0 Å². The minimum Gasteiger partial charge on any atom is -0.465 e. The molecule has 0 spiro atoms. The standard InChI is InChI=1S/C23H26N2O4/c1-16(19-5-3-6-20(15-19)25-14-4-7-22(25)27)24-21(26)13-10-17-8-11-18(12-9-17)23(28)29-2/h3,5-6,8-9,11-12,15-16H,4,7,10,13-14H2,1-2H3,(H,24,26). The van der Waals surface area contributed by atoms with E-state index in [0.717, 1.165) is 29.8 Å². The lowest BCUT2D eigenvalue weighted by atomic mass is 10.1. The van der Waals surface area contributed by atoms with Crippen LogP contribution in [0.2, 0.25) is 0 Å². The van der Waals surface area contributed by atoms with Gasteiger partial charge in [-0.1, -0.05) is 24.3 Å². The minimum atomic E-state index is -0.374. The fraction of sp³-hybridized carbons (Fsp3) is 0.348. The van der Waals surface area contributed by atoms with E-state index in [-0.39, 0.29) is 23.8 Å². The summed E-state index contributed by atoms with van der Waals surface area (Å²) >= 11 is 0. The zero-order valence-electron chi connectivity index (χ0n) is 16.8. The van der Waals surface area contributed by atoms with E-state index in [9.17, 15) is 14.4 Å². The first-order valence-electron chi connectivity index (χ1n) is 9.85. The summed E-state index contributed by atoms with van der Waals surface area (Å²) in [7, 11) is 1.35. The molecule has 2 aromatic carbocycles. The summed E-state index contributed by atoms with van der Waals surface area (Å²) in [6, 6.07) is 14.7. The van der Waals surface area contributed by atoms with Gasteiger partial charge in [0, 0.05) is 25.1 Å². The predicted molar refractivity (Wildman–Crippen MR) is 111 cm³/mol. The lowest BCUT2D eigenvalue weighted by Crippen LogP contribution is -2.27. The van der Waals surface area contributed by atoms with Crippen molar-refractivity contribution >= 4 is 23.5 Å². The van der Waals surface area contributed by atoms with E-state index in [1.807, 2.05) is 43.3 Å². The first-order chi connectivity index (χ1) is 14.0. The topological polar surface area (TPSA) is 75.7 Å². The van der Waals surface area contributed by atoms with Gasteiger partial charge < -0.3 is 15.0 Å². The Kier molecular flexibility index (Phi) is 6.65. The van der Waals surface area contributed by atoms with Crippen molar-refractivity contribution < 1.29 is 19.1 Å². The highest BCUT2D eigenvalue weighted by atomic mass is 16.5. The highest BCUT2D eigenvalue weighted by Crippen LogP contribution is 2.24. The normalized spacial score (nSPS) is 14.6. The molecule has 0 radical (unpaired) electrons. The Morgan fingerprint density at radius 3 is 2.59 bits per heavy atom. The molecule has 0 saturated carbocycles. The number of amides is 2. The number of hydrogen-bond donors (Lipinski definition) is 1. The van der Waals surface area contributed by atoms with Crippen LogP contribution in [0, 0.1) is 0 Å². The fourth-order valence-electron chi connectivity index (χ4n) is 3.46. The summed E-state index contributed by atoms with van der Waals surface area (Å²) in [4.78, 5) is 37.6. The molecular formula is C23H26N2O4. The number of anilines is 1. The lowest BCUT2D eigenvalue weighted by molar-refractivity contribution is -0.121. The van der Waals surface area contributed by atoms with E-state index in [0.29, 0.717) is 24.8 Å².